The van der Waals surface area contributed by atoms with Gasteiger partial charge in [-0.1, -0.05) is 219 Å². The molecule has 0 aliphatic carbocycles. The Labute approximate surface area is 375 Å². The standard InChI is InChI=1S/C50H97O10P/c1-3-5-7-9-11-13-15-17-19-21-23-25-27-29-31-33-35-37-39-41-49(53)59-47(43-51)45-57-61(55,56)58-46-48(44-52)60-50(54)42-40-38-36-34-32-30-28-26-24-22-20-18-16-14-12-10-8-6-4-2/h17,19,47-48,51-52H,3-16,18,20-46H2,1-2H3,(H,55,56)/b19-17-. The molecule has 0 aromatic carbocycles. The fourth-order valence-corrected chi connectivity index (χ4v) is 8.31. The molecule has 0 aromatic rings. The fraction of sp³-hybridized carbons (Fsp3) is 0.920. The first-order valence-electron chi connectivity index (χ1n) is 25.6. The molecule has 0 fully saturated rings. The normalized spacial score (nSPS) is 13.7. The van der Waals surface area contributed by atoms with E-state index >= 15 is 0 Å². The van der Waals surface area contributed by atoms with E-state index in [4.69, 9.17) is 18.5 Å². The van der Waals surface area contributed by atoms with E-state index < -0.39 is 58.4 Å². The molecule has 0 heterocycles. The van der Waals surface area contributed by atoms with Crippen LogP contribution < -0.4 is 0 Å². The van der Waals surface area contributed by atoms with Crippen LogP contribution in [0.25, 0.3) is 0 Å². The van der Waals surface area contributed by atoms with E-state index in [1.165, 1.54) is 180 Å². The second-order valence-corrected chi connectivity index (χ2v) is 19.0. The van der Waals surface area contributed by atoms with Gasteiger partial charge in [0.25, 0.3) is 0 Å². The summed E-state index contributed by atoms with van der Waals surface area (Å²) in [7, 11) is -4.64. The molecule has 0 aromatic heterocycles. The van der Waals surface area contributed by atoms with Crippen molar-refractivity contribution in [1.82, 2.24) is 0 Å². The Hall–Kier alpha value is -1.29. The second kappa shape index (κ2) is 46.7. The summed E-state index contributed by atoms with van der Waals surface area (Å²) in [5.74, 6) is -1.01. The van der Waals surface area contributed by atoms with Crippen molar-refractivity contribution in [3.05, 3.63) is 12.2 Å². The van der Waals surface area contributed by atoms with Crippen LogP contribution in [0.1, 0.15) is 258 Å². The first-order chi connectivity index (χ1) is 29.8. The number of hydrogen-bond acceptors (Lipinski definition) is 9. The van der Waals surface area contributed by atoms with Crippen LogP contribution >= 0.6 is 7.82 Å². The molecule has 10 nitrogen and oxygen atoms in total. The number of carbonyl (C=O) groups is 2. The molecule has 3 atom stereocenters. The van der Waals surface area contributed by atoms with Crippen LogP contribution in [0.2, 0.25) is 0 Å². The number of allylic oxidation sites excluding steroid dienone is 2. The number of esters is 2. The molecule has 362 valence electrons. The molecule has 0 aliphatic heterocycles. The Bertz CT molecular complexity index is 1020. The summed E-state index contributed by atoms with van der Waals surface area (Å²) in [5, 5.41) is 19.2. The molecule has 3 unspecified atom stereocenters. The van der Waals surface area contributed by atoms with Crippen molar-refractivity contribution in [2.45, 2.75) is 270 Å². The molecular formula is C50H97O10P. The summed E-state index contributed by atoms with van der Waals surface area (Å²) in [4.78, 5) is 34.7. The van der Waals surface area contributed by atoms with Gasteiger partial charge in [0.05, 0.1) is 26.4 Å². The molecule has 61 heavy (non-hydrogen) atoms. The van der Waals surface area contributed by atoms with E-state index in [0.29, 0.717) is 12.8 Å². The molecule has 3 N–H and O–H groups in total. The number of hydrogen-bond donors (Lipinski definition) is 3. The van der Waals surface area contributed by atoms with Crippen LogP contribution in [0.3, 0.4) is 0 Å². The van der Waals surface area contributed by atoms with Gasteiger partial charge in [0, 0.05) is 12.8 Å². The second-order valence-electron chi connectivity index (χ2n) is 17.5. The van der Waals surface area contributed by atoms with Gasteiger partial charge in [-0.2, -0.15) is 0 Å². The zero-order chi connectivity index (χ0) is 44.8. The van der Waals surface area contributed by atoms with Gasteiger partial charge >= 0.3 is 19.8 Å². The molecule has 0 spiro atoms. The lowest BCUT2D eigenvalue weighted by atomic mass is 10.0. The monoisotopic (exact) mass is 889 g/mol. The highest BCUT2D eigenvalue weighted by atomic mass is 31.2. The third kappa shape index (κ3) is 45.1. The van der Waals surface area contributed by atoms with E-state index in [9.17, 15) is 29.3 Å². The lowest BCUT2D eigenvalue weighted by Gasteiger charge is -2.20. The lowest BCUT2D eigenvalue weighted by Crippen LogP contribution is -2.28. The van der Waals surface area contributed by atoms with Crippen molar-refractivity contribution in [2.24, 2.45) is 0 Å². The maximum atomic E-state index is 12.4. The molecule has 0 radical (unpaired) electrons. The van der Waals surface area contributed by atoms with E-state index in [0.717, 1.165) is 38.5 Å². The lowest BCUT2D eigenvalue weighted by molar-refractivity contribution is -0.153. The topological polar surface area (TPSA) is 149 Å². The molecule has 0 rings (SSSR count). The number of ether oxygens (including phenoxy) is 2. The minimum absolute atomic E-state index is 0.194. The van der Waals surface area contributed by atoms with Gasteiger partial charge < -0.3 is 24.6 Å². The van der Waals surface area contributed by atoms with Crippen LogP contribution in [-0.4, -0.2) is 65.7 Å². The molecule has 0 amide bonds. The highest BCUT2D eigenvalue weighted by Crippen LogP contribution is 2.43. The smallest absolute Gasteiger partial charge is 0.457 e. The van der Waals surface area contributed by atoms with Crippen molar-refractivity contribution >= 4 is 19.8 Å². The third-order valence-corrected chi connectivity index (χ3v) is 12.4. The predicted molar refractivity (Wildman–Crippen MR) is 252 cm³/mol. The minimum Gasteiger partial charge on any atom is -0.457 e. The van der Waals surface area contributed by atoms with Crippen LogP contribution in [0.15, 0.2) is 12.2 Å². The van der Waals surface area contributed by atoms with Crippen molar-refractivity contribution in [1.29, 1.82) is 0 Å². The number of rotatable bonds is 49. The summed E-state index contributed by atoms with van der Waals surface area (Å²) in [6.45, 7) is 2.26. The summed E-state index contributed by atoms with van der Waals surface area (Å²) < 4.78 is 32.7. The Morgan fingerprint density at radius 3 is 0.934 bits per heavy atom. The molecule has 0 bridgehead atoms. The Morgan fingerprint density at radius 2 is 0.672 bits per heavy atom. The van der Waals surface area contributed by atoms with Gasteiger partial charge in [-0.05, 0) is 38.5 Å². The van der Waals surface area contributed by atoms with Gasteiger partial charge in [0.15, 0.2) is 0 Å². The zero-order valence-electron chi connectivity index (χ0n) is 39.7. The highest BCUT2D eigenvalue weighted by molar-refractivity contribution is 7.47. The zero-order valence-corrected chi connectivity index (χ0v) is 40.5. The highest BCUT2D eigenvalue weighted by Gasteiger charge is 2.27. The van der Waals surface area contributed by atoms with Crippen LogP contribution in [0.5, 0.6) is 0 Å². The molecule has 0 aliphatic rings. The van der Waals surface area contributed by atoms with Gasteiger partial charge in [-0.3, -0.25) is 18.6 Å². The third-order valence-electron chi connectivity index (χ3n) is 11.5. The van der Waals surface area contributed by atoms with Crippen LogP contribution in [-0.2, 0) is 32.7 Å². The Kier molecular flexibility index (Phi) is 45.7. The van der Waals surface area contributed by atoms with Crippen molar-refractivity contribution in [2.75, 3.05) is 26.4 Å². The van der Waals surface area contributed by atoms with Crippen molar-refractivity contribution in [3.8, 4) is 0 Å². The number of aliphatic hydroxyl groups is 2. The maximum absolute atomic E-state index is 12.4. The van der Waals surface area contributed by atoms with E-state index in [1.807, 2.05) is 0 Å². The molecule has 0 saturated carbocycles. The van der Waals surface area contributed by atoms with Gasteiger partial charge in [0.1, 0.15) is 12.2 Å². The van der Waals surface area contributed by atoms with Crippen molar-refractivity contribution < 1.29 is 47.8 Å². The first kappa shape index (κ1) is 59.7. The van der Waals surface area contributed by atoms with Gasteiger partial charge in [0.2, 0.25) is 0 Å². The minimum atomic E-state index is -4.64. The van der Waals surface area contributed by atoms with E-state index in [1.54, 1.807) is 0 Å². The van der Waals surface area contributed by atoms with E-state index in [2.05, 4.69) is 26.0 Å². The Balaban J connectivity index is 3.81. The number of unbranched alkanes of at least 4 members (excludes halogenated alkanes) is 33. The van der Waals surface area contributed by atoms with Gasteiger partial charge in [-0.25, -0.2) is 4.57 Å². The van der Waals surface area contributed by atoms with Crippen LogP contribution in [0.4, 0.5) is 0 Å². The van der Waals surface area contributed by atoms with E-state index in [-0.39, 0.29) is 12.8 Å². The largest absolute Gasteiger partial charge is 0.472 e. The summed E-state index contributed by atoms with van der Waals surface area (Å²) in [6, 6.07) is 0. The number of carbonyl (C=O) groups excluding carboxylic acids is 2. The SMILES string of the molecule is CCCCCCCC/C=C\CCCCCCCCCCCC(=O)OC(CO)COP(=O)(O)OCC(CO)OC(=O)CCCCCCCCCCCCCCCCCCCCC. The fourth-order valence-electron chi connectivity index (χ4n) is 7.52. The van der Waals surface area contributed by atoms with Crippen LogP contribution in [0, 0.1) is 0 Å². The summed E-state index contributed by atoms with van der Waals surface area (Å²) in [5.41, 5.74) is 0. The van der Waals surface area contributed by atoms with Crippen molar-refractivity contribution in [3.63, 3.8) is 0 Å². The van der Waals surface area contributed by atoms with Gasteiger partial charge in [-0.15, -0.1) is 0 Å². The average Bonchev–Trinajstić information content (AvgIpc) is 3.25. The summed E-state index contributed by atoms with van der Waals surface area (Å²) >= 11 is 0. The number of aliphatic hydroxyl groups excluding tert-OH is 2. The Morgan fingerprint density at radius 1 is 0.426 bits per heavy atom. The summed E-state index contributed by atoms with van der Waals surface area (Å²) in [6.07, 6.45) is 47.5. The number of phosphoric acid groups is 1. The predicted octanol–water partition coefficient (Wildman–Crippen LogP) is 14.3. The molecule has 11 heteroatoms. The maximum Gasteiger partial charge on any atom is 0.472 e. The average molecular weight is 889 g/mol. The molecule has 0 saturated heterocycles. The first-order valence-corrected chi connectivity index (χ1v) is 27.1. The number of phosphoric ester groups is 1. The molecular weight excluding hydrogens is 792 g/mol. The quantitative estimate of drug-likeness (QED) is 0.0233.